The molecule has 3 aromatic rings. The van der Waals surface area contributed by atoms with Gasteiger partial charge in [-0.05, 0) is 18.1 Å². The average Bonchev–Trinajstić information content (AvgIpc) is 3.23. The quantitative estimate of drug-likeness (QED) is 0.725. The minimum Gasteiger partial charge on any atom is -0.332 e. The van der Waals surface area contributed by atoms with E-state index in [0.717, 1.165) is 44.8 Å². The van der Waals surface area contributed by atoms with Gasteiger partial charge in [0.05, 0.1) is 18.8 Å². The topological polar surface area (TPSA) is 38.9 Å². The molecular formula is C18H21N5. The van der Waals surface area contributed by atoms with Gasteiger partial charge in [0.2, 0.25) is 0 Å². The second-order valence-corrected chi connectivity index (χ2v) is 6.06. The molecule has 5 nitrogen and oxygen atoms in total. The zero-order valence-corrected chi connectivity index (χ0v) is 13.2. The van der Waals surface area contributed by atoms with Crippen molar-refractivity contribution in [3.05, 3.63) is 72.1 Å². The Morgan fingerprint density at radius 1 is 1.04 bits per heavy atom. The monoisotopic (exact) mass is 307 g/mol. The van der Waals surface area contributed by atoms with E-state index in [1.54, 1.807) is 6.20 Å². The van der Waals surface area contributed by atoms with Gasteiger partial charge in [-0.15, -0.1) is 0 Å². The van der Waals surface area contributed by atoms with Crippen LogP contribution in [0.4, 0.5) is 0 Å². The van der Waals surface area contributed by atoms with E-state index in [1.165, 1.54) is 11.4 Å². The third-order valence-corrected chi connectivity index (χ3v) is 4.37. The van der Waals surface area contributed by atoms with Crippen molar-refractivity contribution < 1.29 is 0 Å². The molecule has 1 aromatic carbocycles. The van der Waals surface area contributed by atoms with Crippen LogP contribution in [0.1, 0.15) is 17.1 Å². The molecular weight excluding hydrogens is 286 g/mol. The fraction of sp³-hybridized carbons (Fsp3) is 0.333. The molecule has 4 rings (SSSR count). The summed E-state index contributed by atoms with van der Waals surface area (Å²) in [5.41, 5.74) is 2.49. The highest BCUT2D eigenvalue weighted by atomic mass is 15.3. The number of aromatic nitrogens is 4. The maximum Gasteiger partial charge on any atom is 0.123 e. The molecule has 0 N–H and O–H groups in total. The molecule has 23 heavy (non-hydrogen) atoms. The van der Waals surface area contributed by atoms with E-state index in [2.05, 4.69) is 51.1 Å². The molecule has 1 aliphatic rings. The molecule has 0 bridgehead atoms. The second kappa shape index (κ2) is 6.38. The Kier molecular flexibility index (Phi) is 3.94. The molecule has 0 radical (unpaired) electrons. The molecule has 0 atom stereocenters. The lowest BCUT2D eigenvalue weighted by molar-refractivity contribution is 0.219. The van der Waals surface area contributed by atoms with Gasteiger partial charge in [-0.25, -0.2) is 4.98 Å². The Bertz CT molecular complexity index is 745. The SMILES string of the molecule is c1ccc(CCN2CCn3cc(Cn4cccn4)nc3C2)cc1. The van der Waals surface area contributed by atoms with Crippen molar-refractivity contribution in [2.24, 2.45) is 0 Å². The van der Waals surface area contributed by atoms with E-state index >= 15 is 0 Å². The predicted molar refractivity (Wildman–Crippen MR) is 89.0 cm³/mol. The number of benzene rings is 1. The van der Waals surface area contributed by atoms with Crippen molar-refractivity contribution in [2.45, 2.75) is 26.1 Å². The number of imidazole rings is 1. The summed E-state index contributed by atoms with van der Waals surface area (Å²) in [6.07, 6.45) is 7.05. The Balaban J connectivity index is 1.38. The lowest BCUT2D eigenvalue weighted by Crippen LogP contribution is -2.35. The predicted octanol–water partition coefficient (Wildman–Crippen LogP) is 2.19. The molecule has 0 fully saturated rings. The molecule has 0 saturated heterocycles. The number of hydrogen-bond donors (Lipinski definition) is 0. The van der Waals surface area contributed by atoms with Crippen molar-refractivity contribution in [3.63, 3.8) is 0 Å². The van der Waals surface area contributed by atoms with Gasteiger partial charge in [0, 0.05) is 38.2 Å². The molecule has 118 valence electrons. The summed E-state index contributed by atoms with van der Waals surface area (Å²) in [6.45, 7) is 4.89. The van der Waals surface area contributed by atoms with Crippen LogP contribution in [0.25, 0.3) is 0 Å². The summed E-state index contributed by atoms with van der Waals surface area (Å²) in [5, 5.41) is 4.25. The van der Waals surface area contributed by atoms with Crippen LogP contribution in [0.2, 0.25) is 0 Å². The summed E-state index contributed by atoms with van der Waals surface area (Å²) in [7, 11) is 0. The van der Waals surface area contributed by atoms with Gasteiger partial charge in [-0.1, -0.05) is 30.3 Å². The van der Waals surface area contributed by atoms with Crippen LogP contribution in [-0.2, 0) is 26.1 Å². The number of fused-ring (bicyclic) bond motifs is 1. The lowest BCUT2D eigenvalue weighted by atomic mass is 10.1. The second-order valence-electron chi connectivity index (χ2n) is 6.06. The highest BCUT2D eigenvalue weighted by Gasteiger charge is 2.18. The van der Waals surface area contributed by atoms with Gasteiger partial charge in [0.25, 0.3) is 0 Å². The molecule has 5 heteroatoms. The summed E-state index contributed by atoms with van der Waals surface area (Å²) in [4.78, 5) is 7.28. The maximum atomic E-state index is 4.79. The standard InChI is InChI=1S/C18H21N5/c1-2-5-16(6-3-1)7-10-21-11-12-22-13-17(20-18(22)15-21)14-23-9-4-8-19-23/h1-6,8-9,13H,7,10-12,14-15H2. The van der Waals surface area contributed by atoms with E-state index in [0.29, 0.717) is 0 Å². The molecule has 0 aliphatic carbocycles. The molecule has 0 amide bonds. The van der Waals surface area contributed by atoms with Crippen molar-refractivity contribution in [1.82, 2.24) is 24.2 Å². The zero-order chi connectivity index (χ0) is 15.5. The van der Waals surface area contributed by atoms with Crippen LogP contribution in [0, 0.1) is 0 Å². The van der Waals surface area contributed by atoms with Crippen LogP contribution < -0.4 is 0 Å². The van der Waals surface area contributed by atoms with Crippen LogP contribution >= 0.6 is 0 Å². The average molecular weight is 307 g/mol. The third-order valence-electron chi connectivity index (χ3n) is 4.37. The van der Waals surface area contributed by atoms with E-state index in [9.17, 15) is 0 Å². The largest absolute Gasteiger partial charge is 0.332 e. The van der Waals surface area contributed by atoms with Crippen LogP contribution in [0.3, 0.4) is 0 Å². The molecule has 3 heterocycles. The Hall–Kier alpha value is -2.40. The highest BCUT2D eigenvalue weighted by Crippen LogP contribution is 2.14. The summed E-state index contributed by atoms with van der Waals surface area (Å²) in [6, 6.07) is 12.6. The fourth-order valence-electron chi connectivity index (χ4n) is 3.12. The van der Waals surface area contributed by atoms with Crippen LogP contribution in [-0.4, -0.2) is 37.3 Å². The van der Waals surface area contributed by atoms with Crippen molar-refractivity contribution in [1.29, 1.82) is 0 Å². The Morgan fingerprint density at radius 3 is 2.78 bits per heavy atom. The fourth-order valence-corrected chi connectivity index (χ4v) is 3.12. The first-order valence-corrected chi connectivity index (χ1v) is 8.15. The van der Waals surface area contributed by atoms with Gasteiger partial charge < -0.3 is 4.57 Å². The molecule has 2 aromatic heterocycles. The smallest absolute Gasteiger partial charge is 0.123 e. The van der Waals surface area contributed by atoms with E-state index < -0.39 is 0 Å². The molecule has 0 saturated carbocycles. The van der Waals surface area contributed by atoms with Gasteiger partial charge >= 0.3 is 0 Å². The number of hydrogen-bond acceptors (Lipinski definition) is 3. The maximum absolute atomic E-state index is 4.79. The molecule has 0 spiro atoms. The van der Waals surface area contributed by atoms with Gasteiger partial charge in [-0.2, -0.15) is 5.10 Å². The zero-order valence-electron chi connectivity index (χ0n) is 13.2. The Morgan fingerprint density at radius 2 is 1.96 bits per heavy atom. The summed E-state index contributed by atoms with van der Waals surface area (Å²) >= 11 is 0. The first kappa shape index (κ1) is 14.2. The van der Waals surface area contributed by atoms with Gasteiger partial charge in [0.15, 0.2) is 0 Å². The number of nitrogens with zero attached hydrogens (tertiary/aromatic N) is 5. The third kappa shape index (κ3) is 3.35. The normalized spacial score (nSPS) is 14.8. The highest BCUT2D eigenvalue weighted by molar-refractivity contribution is 5.15. The van der Waals surface area contributed by atoms with Crippen LogP contribution in [0.5, 0.6) is 0 Å². The van der Waals surface area contributed by atoms with Crippen LogP contribution in [0.15, 0.2) is 55.0 Å². The lowest BCUT2D eigenvalue weighted by Gasteiger charge is -2.27. The van der Waals surface area contributed by atoms with Crippen molar-refractivity contribution in [2.75, 3.05) is 13.1 Å². The first-order valence-electron chi connectivity index (χ1n) is 8.15. The van der Waals surface area contributed by atoms with E-state index in [4.69, 9.17) is 4.98 Å². The minimum absolute atomic E-state index is 0.747. The number of rotatable bonds is 5. The molecule has 0 unspecified atom stereocenters. The van der Waals surface area contributed by atoms with Gasteiger partial charge in [-0.3, -0.25) is 9.58 Å². The minimum atomic E-state index is 0.747. The van der Waals surface area contributed by atoms with Gasteiger partial charge in [0.1, 0.15) is 5.82 Å². The first-order chi connectivity index (χ1) is 11.4. The summed E-state index contributed by atoms with van der Waals surface area (Å²) in [5.74, 6) is 1.17. The summed E-state index contributed by atoms with van der Waals surface area (Å²) < 4.78 is 4.21. The Labute approximate surface area is 136 Å². The van der Waals surface area contributed by atoms with Crippen molar-refractivity contribution in [3.8, 4) is 0 Å². The van der Waals surface area contributed by atoms with E-state index in [1.807, 2.05) is 16.9 Å². The van der Waals surface area contributed by atoms with Crippen molar-refractivity contribution >= 4 is 0 Å². The van der Waals surface area contributed by atoms with E-state index in [-0.39, 0.29) is 0 Å². The molecule has 1 aliphatic heterocycles.